The van der Waals surface area contributed by atoms with Crippen molar-refractivity contribution >= 4 is 27.3 Å². The van der Waals surface area contributed by atoms with Crippen LogP contribution >= 0.6 is 0 Å². The highest BCUT2D eigenvalue weighted by Crippen LogP contribution is 2.31. The summed E-state index contributed by atoms with van der Waals surface area (Å²) in [5.74, 6) is -0.200. The van der Waals surface area contributed by atoms with Crippen LogP contribution in [0.1, 0.15) is 33.5 Å². The maximum atomic E-state index is 12.5. The van der Waals surface area contributed by atoms with E-state index in [9.17, 15) is 13.2 Å². The fraction of sp³-hybridized carbons (Fsp3) is 0.316. The van der Waals surface area contributed by atoms with Gasteiger partial charge in [-0.2, -0.15) is 0 Å². The third-order valence-electron chi connectivity index (χ3n) is 4.30. The Morgan fingerprint density at radius 2 is 1.76 bits per heavy atom. The summed E-state index contributed by atoms with van der Waals surface area (Å²) in [6, 6.07) is 11.2. The van der Waals surface area contributed by atoms with Crippen LogP contribution in [0.5, 0.6) is 0 Å². The molecule has 0 aliphatic carbocycles. The van der Waals surface area contributed by atoms with Crippen molar-refractivity contribution in [1.82, 2.24) is 0 Å². The summed E-state index contributed by atoms with van der Waals surface area (Å²) >= 11 is 0. The Morgan fingerprint density at radius 1 is 1.08 bits per heavy atom. The van der Waals surface area contributed by atoms with Crippen molar-refractivity contribution in [3.05, 3.63) is 58.7 Å². The van der Waals surface area contributed by atoms with Gasteiger partial charge in [0.25, 0.3) is 5.91 Å². The minimum absolute atomic E-state index is 0.200. The molecule has 3 rings (SSSR count). The lowest BCUT2D eigenvalue weighted by molar-refractivity contribution is 0.102. The maximum absolute atomic E-state index is 12.5. The van der Waals surface area contributed by atoms with Crippen LogP contribution in [0.3, 0.4) is 0 Å². The normalized spacial score (nSPS) is 14.1. The molecule has 1 amide bonds. The maximum Gasteiger partial charge on any atom is 0.255 e. The highest BCUT2D eigenvalue weighted by atomic mass is 32.2. The molecule has 1 aliphatic heterocycles. The van der Waals surface area contributed by atoms with Crippen molar-refractivity contribution in [1.29, 1.82) is 0 Å². The fourth-order valence-corrected chi connectivity index (χ4v) is 4.26. The van der Waals surface area contributed by atoms with E-state index >= 15 is 0 Å². The van der Waals surface area contributed by atoms with Crippen molar-refractivity contribution in [3.63, 3.8) is 0 Å². The van der Waals surface area contributed by atoms with E-state index in [4.69, 9.17) is 0 Å². The first-order valence-corrected chi connectivity index (χ1v) is 10.1. The van der Waals surface area contributed by atoms with Gasteiger partial charge in [-0.15, -0.1) is 0 Å². The number of anilines is 2. The molecule has 0 unspecified atom stereocenters. The summed E-state index contributed by atoms with van der Waals surface area (Å²) in [5.41, 5.74) is 4.89. The number of carbonyl (C=O) groups excluding carboxylic acids is 1. The van der Waals surface area contributed by atoms with Gasteiger partial charge in [0, 0.05) is 17.8 Å². The second-order valence-electron chi connectivity index (χ2n) is 6.61. The van der Waals surface area contributed by atoms with Gasteiger partial charge in [-0.1, -0.05) is 23.3 Å². The van der Waals surface area contributed by atoms with Gasteiger partial charge in [-0.25, -0.2) is 8.42 Å². The molecule has 6 heteroatoms. The summed E-state index contributed by atoms with van der Waals surface area (Å²) in [5, 5.41) is 2.87. The average molecular weight is 358 g/mol. The molecule has 0 atom stereocenters. The largest absolute Gasteiger partial charge is 0.322 e. The SMILES string of the molecule is Cc1cc(C)cc(C(=O)Nc2ccc3c(c2)N(S(C)(=O)=O)CCC3)c1. The van der Waals surface area contributed by atoms with Crippen LogP contribution in [-0.2, 0) is 16.4 Å². The molecule has 2 aromatic rings. The van der Waals surface area contributed by atoms with Gasteiger partial charge in [0.15, 0.2) is 0 Å². The van der Waals surface area contributed by atoms with Crippen LogP contribution in [0, 0.1) is 13.8 Å². The molecule has 25 heavy (non-hydrogen) atoms. The lowest BCUT2D eigenvalue weighted by atomic mass is 10.0. The van der Waals surface area contributed by atoms with E-state index in [1.165, 1.54) is 10.6 Å². The molecule has 0 fully saturated rings. The average Bonchev–Trinajstić information content (AvgIpc) is 2.52. The number of hydrogen-bond donors (Lipinski definition) is 1. The molecule has 2 aromatic carbocycles. The van der Waals surface area contributed by atoms with Gasteiger partial charge in [-0.05, 0) is 56.5 Å². The minimum atomic E-state index is -3.33. The topological polar surface area (TPSA) is 66.5 Å². The second-order valence-corrected chi connectivity index (χ2v) is 8.52. The zero-order valence-corrected chi connectivity index (χ0v) is 15.5. The smallest absolute Gasteiger partial charge is 0.255 e. The van der Waals surface area contributed by atoms with Crippen LogP contribution in [-0.4, -0.2) is 27.1 Å². The molecule has 0 radical (unpaired) electrons. The molecule has 1 aliphatic rings. The minimum Gasteiger partial charge on any atom is -0.322 e. The summed E-state index contributed by atoms with van der Waals surface area (Å²) in [4.78, 5) is 12.5. The number of nitrogens with zero attached hydrogens (tertiary/aromatic N) is 1. The Hall–Kier alpha value is -2.34. The molecule has 0 spiro atoms. The first kappa shape index (κ1) is 17.5. The van der Waals surface area contributed by atoms with E-state index in [1.807, 2.05) is 44.2 Å². The predicted octanol–water partition coefficient (Wildman–Crippen LogP) is 3.27. The Kier molecular flexibility index (Phi) is 4.56. The first-order valence-electron chi connectivity index (χ1n) is 8.24. The van der Waals surface area contributed by atoms with Crippen molar-refractivity contribution in [2.75, 3.05) is 22.4 Å². The standard InChI is InChI=1S/C19H22N2O3S/c1-13-9-14(2)11-16(10-13)19(22)20-17-7-6-15-5-4-8-21(18(15)12-17)25(3,23)24/h6-7,9-12H,4-5,8H2,1-3H3,(H,20,22). The Bertz CT molecular complexity index is 915. The van der Waals surface area contributed by atoms with Gasteiger partial charge in [0.05, 0.1) is 11.9 Å². The number of nitrogens with one attached hydrogen (secondary N) is 1. The van der Waals surface area contributed by atoms with E-state index in [2.05, 4.69) is 5.32 Å². The number of hydrogen-bond acceptors (Lipinski definition) is 3. The highest BCUT2D eigenvalue weighted by molar-refractivity contribution is 7.92. The summed E-state index contributed by atoms with van der Waals surface area (Å²) in [6.45, 7) is 4.37. The van der Waals surface area contributed by atoms with Crippen LogP contribution in [0.4, 0.5) is 11.4 Å². The Labute approximate surface area is 148 Å². The van der Waals surface area contributed by atoms with E-state index in [0.29, 0.717) is 23.5 Å². The van der Waals surface area contributed by atoms with Gasteiger partial charge >= 0.3 is 0 Å². The van der Waals surface area contributed by atoms with E-state index in [-0.39, 0.29) is 5.91 Å². The molecule has 1 N–H and O–H groups in total. The van der Waals surface area contributed by atoms with Crippen molar-refractivity contribution < 1.29 is 13.2 Å². The fourth-order valence-electron chi connectivity index (χ4n) is 3.27. The zero-order chi connectivity index (χ0) is 18.2. The monoisotopic (exact) mass is 358 g/mol. The number of benzene rings is 2. The lowest BCUT2D eigenvalue weighted by Gasteiger charge is -2.29. The van der Waals surface area contributed by atoms with E-state index < -0.39 is 10.0 Å². The zero-order valence-electron chi connectivity index (χ0n) is 14.7. The van der Waals surface area contributed by atoms with Crippen molar-refractivity contribution in [2.24, 2.45) is 0 Å². The second kappa shape index (κ2) is 6.52. The number of carbonyl (C=O) groups is 1. The first-order chi connectivity index (χ1) is 11.7. The number of amides is 1. The van der Waals surface area contributed by atoms with Gasteiger partial charge in [0.2, 0.25) is 10.0 Å². The molecular formula is C19H22N2O3S. The molecule has 132 valence electrons. The molecule has 0 bridgehead atoms. The highest BCUT2D eigenvalue weighted by Gasteiger charge is 2.24. The molecule has 5 nitrogen and oxygen atoms in total. The molecular weight excluding hydrogens is 336 g/mol. The van der Waals surface area contributed by atoms with Crippen LogP contribution in [0.25, 0.3) is 0 Å². The summed E-state index contributed by atoms with van der Waals surface area (Å²) < 4.78 is 25.5. The Morgan fingerprint density at radius 3 is 2.40 bits per heavy atom. The van der Waals surface area contributed by atoms with Gasteiger partial charge < -0.3 is 5.32 Å². The van der Waals surface area contributed by atoms with Gasteiger partial charge in [0.1, 0.15) is 0 Å². The van der Waals surface area contributed by atoms with Crippen LogP contribution in [0.15, 0.2) is 36.4 Å². The van der Waals surface area contributed by atoms with Gasteiger partial charge in [-0.3, -0.25) is 9.10 Å². The number of sulfonamides is 1. The lowest BCUT2D eigenvalue weighted by Crippen LogP contribution is -2.34. The predicted molar refractivity (Wildman–Crippen MR) is 101 cm³/mol. The summed E-state index contributed by atoms with van der Waals surface area (Å²) in [6.07, 6.45) is 2.85. The number of aryl methyl sites for hydroxylation is 3. The van der Waals surface area contributed by atoms with Crippen LogP contribution in [0.2, 0.25) is 0 Å². The van der Waals surface area contributed by atoms with Crippen molar-refractivity contribution in [3.8, 4) is 0 Å². The van der Waals surface area contributed by atoms with Crippen LogP contribution < -0.4 is 9.62 Å². The molecule has 0 aromatic heterocycles. The Balaban J connectivity index is 1.90. The van der Waals surface area contributed by atoms with E-state index in [1.54, 1.807) is 6.07 Å². The van der Waals surface area contributed by atoms with Crippen molar-refractivity contribution in [2.45, 2.75) is 26.7 Å². The number of fused-ring (bicyclic) bond motifs is 1. The third kappa shape index (κ3) is 3.85. The molecule has 1 heterocycles. The van der Waals surface area contributed by atoms with E-state index in [0.717, 1.165) is 29.5 Å². The summed E-state index contributed by atoms with van der Waals surface area (Å²) in [7, 11) is -3.33. The quantitative estimate of drug-likeness (QED) is 0.916. The molecule has 0 saturated heterocycles. The number of rotatable bonds is 3. The third-order valence-corrected chi connectivity index (χ3v) is 5.48. The molecule has 0 saturated carbocycles.